The number of benzene rings is 1. The molecule has 2 atom stereocenters. The maximum Gasteiger partial charge on any atom is 0.162 e. The van der Waals surface area contributed by atoms with Gasteiger partial charge in [-0.15, -0.1) is 0 Å². The molecule has 1 aromatic carbocycles. The van der Waals surface area contributed by atoms with Crippen molar-refractivity contribution in [2.24, 2.45) is 0 Å². The zero-order valence-corrected chi connectivity index (χ0v) is 12.7. The third-order valence-electron chi connectivity index (χ3n) is 3.66. The van der Waals surface area contributed by atoms with Crippen LogP contribution in [-0.2, 0) is 9.84 Å². The Balaban J connectivity index is 2.10. The number of hydrogen-bond acceptors (Lipinski definition) is 5. The summed E-state index contributed by atoms with van der Waals surface area (Å²) in [4.78, 5) is 0. The molecular formula is C14H21NO4S. The summed E-state index contributed by atoms with van der Waals surface area (Å²) in [5.74, 6) is 1.19. The van der Waals surface area contributed by atoms with E-state index in [9.17, 15) is 8.42 Å². The van der Waals surface area contributed by atoms with E-state index >= 15 is 0 Å². The highest BCUT2D eigenvalue weighted by atomic mass is 32.2. The molecule has 112 valence electrons. The standard InChI is InChI=1S/C14H21NO4S/c1-18-14-8-10(15)6-7-13(14)19-11-4-3-5-12(9-11)20(2,16)17/h6-8,11-12H,3-5,9,15H2,1-2H3. The highest BCUT2D eigenvalue weighted by molar-refractivity contribution is 7.91. The van der Waals surface area contributed by atoms with Crippen molar-refractivity contribution in [3.8, 4) is 11.5 Å². The Morgan fingerprint density at radius 3 is 2.65 bits per heavy atom. The summed E-state index contributed by atoms with van der Waals surface area (Å²) in [6, 6.07) is 5.21. The van der Waals surface area contributed by atoms with Crippen LogP contribution in [-0.4, -0.2) is 33.1 Å². The van der Waals surface area contributed by atoms with Gasteiger partial charge in [0.1, 0.15) is 15.9 Å². The number of rotatable bonds is 4. The number of methoxy groups -OCH3 is 1. The first kappa shape index (κ1) is 15.0. The van der Waals surface area contributed by atoms with Gasteiger partial charge in [-0.05, 0) is 31.4 Å². The van der Waals surface area contributed by atoms with E-state index in [1.54, 1.807) is 25.3 Å². The van der Waals surface area contributed by atoms with Gasteiger partial charge in [-0.3, -0.25) is 0 Å². The molecule has 2 rings (SSSR count). The number of nitrogens with two attached hydrogens (primary N) is 1. The van der Waals surface area contributed by atoms with Crippen LogP contribution in [0.25, 0.3) is 0 Å². The lowest BCUT2D eigenvalue weighted by atomic mass is 9.97. The van der Waals surface area contributed by atoms with Gasteiger partial charge >= 0.3 is 0 Å². The molecule has 0 aromatic heterocycles. The van der Waals surface area contributed by atoms with E-state index in [4.69, 9.17) is 15.2 Å². The topological polar surface area (TPSA) is 78.6 Å². The van der Waals surface area contributed by atoms with Crippen LogP contribution >= 0.6 is 0 Å². The van der Waals surface area contributed by atoms with E-state index in [0.29, 0.717) is 23.6 Å². The molecular weight excluding hydrogens is 278 g/mol. The largest absolute Gasteiger partial charge is 0.493 e. The van der Waals surface area contributed by atoms with Gasteiger partial charge in [-0.1, -0.05) is 0 Å². The molecule has 2 unspecified atom stereocenters. The molecule has 0 aliphatic heterocycles. The van der Waals surface area contributed by atoms with Gasteiger partial charge in [0.25, 0.3) is 0 Å². The van der Waals surface area contributed by atoms with Crippen LogP contribution in [0.5, 0.6) is 11.5 Å². The SMILES string of the molecule is COc1cc(N)ccc1OC1CCCC(S(C)(=O)=O)C1. The van der Waals surface area contributed by atoms with Crippen molar-refractivity contribution < 1.29 is 17.9 Å². The van der Waals surface area contributed by atoms with Crippen molar-refractivity contribution in [1.29, 1.82) is 0 Å². The van der Waals surface area contributed by atoms with Crippen molar-refractivity contribution in [1.82, 2.24) is 0 Å². The summed E-state index contributed by atoms with van der Waals surface area (Å²) in [7, 11) is -1.45. The van der Waals surface area contributed by atoms with E-state index in [1.165, 1.54) is 6.26 Å². The van der Waals surface area contributed by atoms with Crippen LogP contribution in [0.3, 0.4) is 0 Å². The molecule has 1 aliphatic rings. The third-order valence-corrected chi connectivity index (χ3v) is 5.30. The Labute approximate surface area is 120 Å². The molecule has 1 aliphatic carbocycles. The van der Waals surface area contributed by atoms with Crippen molar-refractivity contribution in [2.75, 3.05) is 19.1 Å². The summed E-state index contributed by atoms with van der Waals surface area (Å²) >= 11 is 0. The average molecular weight is 299 g/mol. The Kier molecular flexibility index (Phi) is 4.42. The fourth-order valence-corrected chi connectivity index (χ4v) is 3.72. The Bertz CT molecular complexity index is 571. The monoisotopic (exact) mass is 299 g/mol. The molecule has 0 heterocycles. The zero-order valence-electron chi connectivity index (χ0n) is 11.8. The molecule has 6 heteroatoms. The minimum absolute atomic E-state index is 0.0963. The van der Waals surface area contributed by atoms with E-state index < -0.39 is 9.84 Å². The molecule has 0 radical (unpaired) electrons. The lowest BCUT2D eigenvalue weighted by molar-refractivity contribution is 0.151. The predicted molar refractivity (Wildman–Crippen MR) is 78.9 cm³/mol. The number of ether oxygens (including phenoxy) is 2. The molecule has 1 saturated carbocycles. The maximum atomic E-state index is 11.7. The minimum atomic E-state index is -3.00. The van der Waals surface area contributed by atoms with Gasteiger partial charge in [-0.25, -0.2) is 8.42 Å². The highest BCUT2D eigenvalue weighted by Crippen LogP contribution is 2.33. The van der Waals surface area contributed by atoms with Gasteiger partial charge in [0, 0.05) is 24.4 Å². The first-order valence-corrected chi connectivity index (χ1v) is 8.64. The Hall–Kier alpha value is -1.43. The van der Waals surface area contributed by atoms with Crippen LogP contribution in [0, 0.1) is 0 Å². The van der Waals surface area contributed by atoms with Crippen molar-refractivity contribution >= 4 is 15.5 Å². The van der Waals surface area contributed by atoms with Gasteiger partial charge in [0.2, 0.25) is 0 Å². The Morgan fingerprint density at radius 1 is 1.25 bits per heavy atom. The number of anilines is 1. The lowest BCUT2D eigenvalue weighted by Gasteiger charge is -2.29. The first-order chi connectivity index (χ1) is 9.40. The quantitative estimate of drug-likeness (QED) is 0.860. The van der Waals surface area contributed by atoms with Gasteiger partial charge in [0.05, 0.1) is 12.4 Å². The smallest absolute Gasteiger partial charge is 0.162 e. The van der Waals surface area contributed by atoms with E-state index in [1.807, 2.05) is 0 Å². The summed E-state index contributed by atoms with van der Waals surface area (Å²) in [6.45, 7) is 0. The molecule has 1 fully saturated rings. The predicted octanol–water partition coefficient (Wildman–Crippen LogP) is 2.01. The van der Waals surface area contributed by atoms with Gasteiger partial charge in [-0.2, -0.15) is 0 Å². The summed E-state index contributed by atoms with van der Waals surface area (Å²) in [5, 5.41) is -0.305. The second kappa shape index (κ2) is 5.91. The summed E-state index contributed by atoms with van der Waals surface area (Å²) in [6.07, 6.45) is 4.17. The van der Waals surface area contributed by atoms with Crippen LogP contribution < -0.4 is 15.2 Å². The zero-order chi connectivity index (χ0) is 14.8. The fourth-order valence-electron chi connectivity index (χ4n) is 2.56. The normalized spacial score (nSPS) is 23.3. The number of hydrogen-bond donors (Lipinski definition) is 1. The van der Waals surface area contributed by atoms with Crippen LogP contribution in [0.1, 0.15) is 25.7 Å². The molecule has 0 spiro atoms. The molecule has 2 N–H and O–H groups in total. The second-order valence-corrected chi connectivity index (χ2v) is 7.59. The third kappa shape index (κ3) is 3.56. The molecule has 5 nitrogen and oxygen atoms in total. The Morgan fingerprint density at radius 2 is 2.00 bits per heavy atom. The molecule has 0 bridgehead atoms. The molecule has 0 amide bonds. The fraction of sp³-hybridized carbons (Fsp3) is 0.571. The number of sulfone groups is 1. The van der Waals surface area contributed by atoms with Crippen molar-refractivity contribution in [3.63, 3.8) is 0 Å². The van der Waals surface area contributed by atoms with Crippen molar-refractivity contribution in [3.05, 3.63) is 18.2 Å². The first-order valence-electron chi connectivity index (χ1n) is 6.69. The van der Waals surface area contributed by atoms with Crippen LogP contribution in [0.4, 0.5) is 5.69 Å². The maximum absolute atomic E-state index is 11.7. The highest BCUT2D eigenvalue weighted by Gasteiger charge is 2.30. The van der Waals surface area contributed by atoms with E-state index in [-0.39, 0.29) is 11.4 Å². The van der Waals surface area contributed by atoms with Gasteiger partial charge in [0.15, 0.2) is 11.5 Å². The molecule has 1 aromatic rings. The molecule has 0 saturated heterocycles. The van der Waals surface area contributed by atoms with Gasteiger partial charge < -0.3 is 15.2 Å². The average Bonchev–Trinajstić information content (AvgIpc) is 2.40. The summed E-state index contributed by atoms with van der Waals surface area (Å²) < 4.78 is 34.5. The number of nitrogen functional groups attached to an aromatic ring is 1. The molecule has 20 heavy (non-hydrogen) atoms. The second-order valence-electron chi connectivity index (χ2n) is 5.27. The lowest BCUT2D eigenvalue weighted by Crippen LogP contribution is -2.33. The van der Waals surface area contributed by atoms with Crippen LogP contribution in [0.2, 0.25) is 0 Å². The van der Waals surface area contributed by atoms with E-state index in [2.05, 4.69) is 0 Å². The van der Waals surface area contributed by atoms with Crippen LogP contribution in [0.15, 0.2) is 18.2 Å². The minimum Gasteiger partial charge on any atom is -0.493 e. The summed E-state index contributed by atoms with van der Waals surface area (Å²) in [5.41, 5.74) is 6.30. The van der Waals surface area contributed by atoms with E-state index in [0.717, 1.165) is 19.3 Å². The van der Waals surface area contributed by atoms with Crippen molar-refractivity contribution in [2.45, 2.75) is 37.0 Å².